The highest BCUT2D eigenvalue weighted by molar-refractivity contribution is 7.90. The lowest BCUT2D eigenvalue weighted by molar-refractivity contribution is -0.135. The molecule has 0 unspecified atom stereocenters. The number of rotatable bonds is 1. The van der Waals surface area contributed by atoms with Gasteiger partial charge in [0.15, 0.2) is 0 Å². The van der Waals surface area contributed by atoms with Gasteiger partial charge < -0.3 is 24.0 Å². The molecule has 2 aliphatic carbocycles. The van der Waals surface area contributed by atoms with Crippen LogP contribution in [-0.4, -0.2) is 70.3 Å². The Kier molecular flexibility index (Phi) is 10.8. The number of hydrogen-bond donors (Lipinski definition) is 1. The van der Waals surface area contributed by atoms with Gasteiger partial charge in [-0.2, -0.15) is 0 Å². The number of sulfonamides is 1. The average molecular weight is 728 g/mol. The molecule has 2 bridgehead atoms. The molecule has 2 heterocycles. The molecule has 1 N–H and O–H groups in total. The molecular weight excluding hydrogens is 678 g/mol. The Bertz CT molecular complexity index is 1720. The van der Waals surface area contributed by atoms with Crippen LogP contribution in [0.5, 0.6) is 5.75 Å². The van der Waals surface area contributed by atoms with E-state index in [4.69, 9.17) is 25.8 Å². The lowest BCUT2D eigenvalue weighted by atomic mass is 9.68. The quantitative estimate of drug-likeness (QED) is 0.316. The van der Waals surface area contributed by atoms with Crippen LogP contribution in [0.15, 0.2) is 53.4 Å². The fourth-order valence-electron chi connectivity index (χ4n) is 7.59. The molecule has 10 nitrogen and oxygen atoms in total. The Hall–Kier alpha value is -3.28. The van der Waals surface area contributed by atoms with Gasteiger partial charge >= 0.3 is 6.09 Å². The maximum Gasteiger partial charge on any atom is 0.410 e. The lowest BCUT2D eigenvalue weighted by Gasteiger charge is -2.43. The van der Waals surface area contributed by atoms with Crippen molar-refractivity contribution in [3.05, 3.63) is 64.7 Å². The largest absolute Gasteiger partial charge is 0.487 e. The van der Waals surface area contributed by atoms with Gasteiger partial charge in [0.05, 0.1) is 22.1 Å². The van der Waals surface area contributed by atoms with E-state index in [0.717, 1.165) is 49.7 Å². The molecule has 50 heavy (non-hydrogen) atoms. The molecule has 2 aromatic rings. The van der Waals surface area contributed by atoms with Crippen LogP contribution in [0, 0.1) is 17.3 Å². The summed E-state index contributed by atoms with van der Waals surface area (Å²) in [6.07, 6.45) is 9.56. The van der Waals surface area contributed by atoms with Crippen LogP contribution >= 0.6 is 11.6 Å². The third kappa shape index (κ3) is 8.10. The zero-order valence-electron chi connectivity index (χ0n) is 29.6. The maximum absolute atomic E-state index is 14.0. The van der Waals surface area contributed by atoms with Gasteiger partial charge in [-0.25, -0.2) is 17.9 Å². The summed E-state index contributed by atoms with van der Waals surface area (Å²) in [6.45, 7) is 7.34. The van der Waals surface area contributed by atoms with E-state index >= 15 is 0 Å². The summed E-state index contributed by atoms with van der Waals surface area (Å²) in [6, 6.07) is 10.7. The van der Waals surface area contributed by atoms with Crippen molar-refractivity contribution in [1.29, 1.82) is 0 Å². The standard InChI is InChI=1S/C38H50ClN3O7S/c1-37(2,3)49-36(44)42-20-7-10-33(47-4)31-15-12-27(31)23-41-19-6-5-9-26-21-29(39)13-11-28(26)24-48-34-16-14-30(22-32(34)41)50(45,46)40-35(43)38(25-42)17-8-18-38/h7,10-11,13-14,16,21-22,27,31,33H,5-6,8-9,12,15,17-20,23-25H2,1-4H3,(H,40,43)/b10-7+/t27-,31+,33+/m0/s1. The van der Waals surface area contributed by atoms with Crippen molar-refractivity contribution in [3.63, 3.8) is 0 Å². The van der Waals surface area contributed by atoms with E-state index in [1.54, 1.807) is 40.0 Å². The number of nitrogens with one attached hydrogen (secondary N) is 1. The van der Waals surface area contributed by atoms with E-state index in [2.05, 4.69) is 9.62 Å². The number of anilines is 1. The Morgan fingerprint density at radius 3 is 2.54 bits per heavy atom. The number of ether oxygens (including phenoxy) is 3. The number of benzene rings is 2. The first-order valence-electron chi connectivity index (χ1n) is 17.8. The number of methoxy groups -OCH3 is 1. The molecule has 2 saturated carbocycles. The second-order valence-corrected chi connectivity index (χ2v) is 17.4. The monoisotopic (exact) mass is 727 g/mol. The molecule has 12 heteroatoms. The van der Waals surface area contributed by atoms with Crippen molar-refractivity contribution in [2.24, 2.45) is 17.3 Å². The van der Waals surface area contributed by atoms with Gasteiger partial charge in [0.25, 0.3) is 10.0 Å². The molecule has 0 aromatic heterocycles. The second-order valence-electron chi connectivity index (χ2n) is 15.3. The lowest BCUT2D eigenvalue weighted by Crippen LogP contribution is -2.55. The van der Waals surface area contributed by atoms with E-state index in [1.807, 2.05) is 30.4 Å². The summed E-state index contributed by atoms with van der Waals surface area (Å²) in [7, 11) is -2.56. The number of fused-ring (bicyclic) bond motifs is 3. The van der Waals surface area contributed by atoms with Gasteiger partial charge in [0.2, 0.25) is 5.91 Å². The first kappa shape index (κ1) is 36.5. The molecule has 0 radical (unpaired) electrons. The zero-order chi connectivity index (χ0) is 35.7. The molecule has 2 aliphatic heterocycles. The van der Waals surface area contributed by atoms with Gasteiger partial charge in [-0.15, -0.1) is 0 Å². The fraction of sp³-hybridized carbons (Fsp3) is 0.579. The fourth-order valence-corrected chi connectivity index (χ4v) is 8.87. The van der Waals surface area contributed by atoms with Crippen LogP contribution in [0.4, 0.5) is 10.5 Å². The minimum Gasteiger partial charge on any atom is -0.487 e. The van der Waals surface area contributed by atoms with Crippen molar-refractivity contribution in [3.8, 4) is 5.75 Å². The highest BCUT2D eigenvalue weighted by atomic mass is 35.5. The second kappa shape index (κ2) is 14.8. The van der Waals surface area contributed by atoms with E-state index in [1.165, 1.54) is 11.0 Å². The first-order valence-corrected chi connectivity index (χ1v) is 19.7. The molecule has 6 rings (SSSR count). The summed E-state index contributed by atoms with van der Waals surface area (Å²) >= 11 is 6.35. The van der Waals surface area contributed by atoms with Crippen molar-refractivity contribution < 1.29 is 32.2 Å². The Morgan fingerprint density at radius 1 is 1.06 bits per heavy atom. The number of hydrogen-bond acceptors (Lipinski definition) is 8. The summed E-state index contributed by atoms with van der Waals surface area (Å²) in [5.74, 6) is 0.496. The minimum absolute atomic E-state index is 0.00960. The van der Waals surface area contributed by atoms with Crippen LogP contribution in [0.3, 0.4) is 0 Å². The van der Waals surface area contributed by atoms with Gasteiger partial charge in [0.1, 0.15) is 18.0 Å². The normalized spacial score (nSPS) is 25.9. The number of halogens is 1. The topological polar surface area (TPSA) is 114 Å². The molecule has 2 aromatic carbocycles. The highest BCUT2D eigenvalue weighted by Crippen LogP contribution is 2.44. The molecular formula is C38H50ClN3O7S. The maximum atomic E-state index is 14.0. The Labute approximate surface area is 301 Å². The van der Waals surface area contributed by atoms with Crippen LogP contribution in [-0.2, 0) is 37.3 Å². The van der Waals surface area contributed by atoms with Crippen LogP contribution in [0.25, 0.3) is 0 Å². The first-order chi connectivity index (χ1) is 23.8. The summed E-state index contributed by atoms with van der Waals surface area (Å²) in [5, 5.41) is 0.691. The Morgan fingerprint density at radius 2 is 1.86 bits per heavy atom. The molecule has 4 aliphatic rings. The van der Waals surface area contributed by atoms with Gasteiger partial charge in [-0.1, -0.05) is 36.2 Å². The van der Waals surface area contributed by atoms with Crippen LogP contribution < -0.4 is 14.4 Å². The van der Waals surface area contributed by atoms with Crippen molar-refractivity contribution in [2.75, 3.05) is 38.2 Å². The van der Waals surface area contributed by atoms with Crippen LogP contribution in [0.2, 0.25) is 5.02 Å². The molecule has 272 valence electrons. The Balaban J connectivity index is 1.39. The number of amides is 2. The highest BCUT2D eigenvalue weighted by Gasteiger charge is 2.48. The van der Waals surface area contributed by atoms with Crippen molar-refractivity contribution in [2.45, 2.75) is 95.3 Å². The van der Waals surface area contributed by atoms with Gasteiger partial charge in [-0.3, -0.25) is 4.79 Å². The summed E-state index contributed by atoms with van der Waals surface area (Å²) in [5.41, 5.74) is 1.08. The average Bonchev–Trinajstić information content (AvgIpc) is 3.04. The van der Waals surface area contributed by atoms with Crippen molar-refractivity contribution in [1.82, 2.24) is 9.62 Å². The van der Waals surface area contributed by atoms with E-state index in [0.29, 0.717) is 49.0 Å². The molecule has 0 saturated heterocycles. The van der Waals surface area contributed by atoms with Crippen LogP contribution in [0.1, 0.15) is 76.8 Å². The van der Waals surface area contributed by atoms with E-state index < -0.39 is 33.0 Å². The minimum atomic E-state index is -4.27. The zero-order valence-corrected chi connectivity index (χ0v) is 31.2. The molecule has 3 atom stereocenters. The smallest absolute Gasteiger partial charge is 0.410 e. The number of carbonyl (C=O) groups is 2. The molecule has 1 spiro atoms. The molecule has 2 fully saturated rings. The predicted octanol–water partition coefficient (Wildman–Crippen LogP) is 6.89. The number of nitrogens with zero attached hydrogens (tertiary/aromatic N) is 2. The van der Waals surface area contributed by atoms with Gasteiger partial charge in [0, 0.05) is 38.3 Å². The number of carbonyl (C=O) groups excluding carboxylic acids is 2. The summed E-state index contributed by atoms with van der Waals surface area (Å²) in [4.78, 5) is 31.1. The third-order valence-electron chi connectivity index (χ3n) is 10.7. The molecule has 2 amide bonds. The third-order valence-corrected chi connectivity index (χ3v) is 12.3. The predicted molar refractivity (Wildman–Crippen MR) is 193 cm³/mol. The van der Waals surface area contributed by atoms with Crippen molar-refractivity contribution >= 4 is 39.3 Å². The summed E-state index contributed by atoms with van der Waals surface area (Å²) < 4.78 is 48.6. The SMILES string of the molecule is CO[C@@H]1/C=C/CN(C(=O)OC(C)(C)C)CC2(CCC2)C(=O)NS(=O)(=O)c2ccc3c(c2)N(CCCCc2cc(Cl)ccc2CO3)C[C@@H]2CC[C@H]21. The number of aryl methyl sites for hydroxylation is 1. The van der Waals surface area contributed by atoms with E-state index in [-0.39, 0.29) is 35.9 Å². The van der Waals surface area contributed by atoms with Gasteiger partial charge in [-0.05, 0) is 119 Å². The van der Waals surface area contributed by atoms with E-state index in [9.17, 15) is 18.0 Å².